The van der Waals surface area contributed by atoms with Crippen molar-refractivity contribution in [3.05, 3.63) is 23.8 Å². The van der Waals surface area contributed by atoms with Crippen LogP contribution in [0.25, 0.3) is 0 Å². The molecule has 0 aliphatic carbocycles. The van der Waals surface area contributed by atoms with Gasteiger partial charge >= 0.3 is 15.6 Å². The first-order valence-electron chi connectivity index (χ1n) is 5.27. The number of benzene rings is 1. The van der Waals surface area contributed by atoms with Crippen molar-refractivity contribution < 1.29 is 32.3 Å². The first-order chi connectivity index (χ1) is 8.83. The maximum atomic E-state index is 12.0. The van der Waals surface area contributed by atoms with Gasteiger partial charge in [0.1, 0.15) is 11.5 Å². The SMILES string of the molecule is O=P(O)(O)OP1(=O)Oc2cccc(c2CCCCl)O1. The summed E-state index contributed by atoms with van der Waals surface area (Å²) in [4.78, 5) is 17.4. The fraction of sp³-hybridized carbons (Fsp3) is 0.333. The van der Waals surface area contributed by atoms with E-state index >= 15 is 0 Å². The Morgan fingerprint density at radius 2 is 1.89 bits per heavy atom. The first-order valence-corrected chi connectivity index (χ1v) is 8.79. The maximum Gasteiger partial charge on any atom is 0.596 e. The molecule has 1 aliphatic heterocycles. The summed E-state index contributed by atoms with van der Waals surface area (Å²) in [6.45, 7) is 0. The Hall–Kier alpha value is -0.550. The second-order valence-electron chi connectivity index (χ2n) is 3.73. The van der Waals surface area contributed by atoms with E-state index in [1.807, 2.05) is 0 Å². The van der Waals surface area contributed by atoms with E-state index in [0.717, 1.165) is 0 Å². The van der Waals surface area contributed by atoms with Crippen LogP contribution in [0, 0.1) is 0 Å². The van der Waals surface area contributed by atoms with Gasteiger partial charge in [0.25, 0.3) is 0 Å². The quantitative estimate of drug-likeness (QED) is 0.633. The molecule has 0 unspecified atom stereocenters. The summed E-state index contributed by atoms with van der Waals surface area (Å²) in [6.07, 6.45) is 1.19. The molecule has 0 saturated heterocycles. The van der Waals surface area contributed by atoms with Crippen LogP contribution >= 0.6 is 27.2 Å². The summed E-state index contributed by atoms with van der Waals surface area (Å²) < 4.78 is 36.7. The summed E-state index contributed by atoms with van der Waals surface area (Å²) in [5.74, 6) is 0.862. The lowest BCUT2D eigenvalue weighted by atomic mass is 10.1. The van der Waals surface area contributed by atoms with Crippen molar-refractivity contribution in [1.29, 1.82) is 0 Å². The Morgan fingerprint density at radius 1 is 1.32 bits per heavy atom. The molecular formula is C9H11ClO7P2. The van der Waals surface area contributed by atoms with Crippen molar-refractivity contribution in [3.63, 3.8) is 0 Å². The zero-order valence-corrected chi connectivity index (χ0v) is 12.1. The standard InChI is InChI=1S/C9H11ClO7P2/c10-6-2-3-7-8-4-1-5-9(7)16-19(14,15-8)17-18(11,12)13/h1,4-5H,2-3,6H2,(H2,11,12,13). The second-order valence-corrected chi connectivity index (χ2v) is 7.00. The second kappa shape index (κ2) is 5.44. The molecule has 0 spiro atoms. The summed E-state index contributed by atoms with van der Waals surface area (Å²) in [7, 11) is -9.34. The molecule has 0 fully saturated rings. The van der Waals surface area contributed by atoms with Gasteiger partial charge in [-0.15, -0.1) is 11.6 Å². The lowest BCUT2D eigenvalue weighted by molar-refractivity contribution is 0.227. The number of alkyl halides is 1. The summed E-state index contributed by atoms with van der Waals surface area (Å²) in [6, 6.07) is 4.65. The Kier molecular flexibility index (Phi) is 4.26. The molecule has 7 nitrogen and oxygen atoms in total. The van der Waals surface area contributed by atoms with Crippen LogP contribution in [-0.4, -0.2) is 15.7 Å². The minimum Gasteiger partial charge on any atom is -0.394 e. The van der Waals surface area contributed by atoms with Crippen molar-refractivity contribution in [3.8, 4) is 11.5 Å². The summed E-state index contributed by atoms with van der Waals surface area (Å²) in [5, 5.41) is 0. The Balaban J connectivity index is 2.27. The average Bonchev–Trinajstić information content (AvgIpc) is 2.23. The van der Waals surface area contributed by atoms with Gasteiger partial charge in [-0.05, 0) is 25.0 Å². The monoisotopic (exact) mass is 328 g/mol. The third-order valence-electron chi connectivity index (χ3n) is 2.28. The molecule has 0 radical (unpaired) electrons. The predicted molar refractivity (Wildman–Crippen MR) is 67.5 cm³/mol. The molecule has 0 aromatic heterocycles. The zero-order valence-electron chi connectivity index (χ0n) is 9.56. The van der Waals surface area contributed by atoms with Gasteiger partial charge in [0.05, 0.1) is 0 Å². The Morgan fingerprint density at radius 3 is 2.37 bits per heavy atom. The van der Waals surface area contributed by atoms with Crippen molar-refractivity contribution in [2.75, 3.05) is 5.88 Å². The molecule has 0 amide bonds. The molecule has 1 aromatic rings. The lowest BCUT2D eigenvalue weighted by Crippen LogP contribution is -2.11. The van der Waals surface area contributed by atoms with E-state index < -0.39 is 15.6 Å². The summed E-state index contributed by atoms with van der Waals surface area (Å²) >= 11 is 5.60. The third-order valence-corrected chi connectivity index (χ3v) is 5.04. The van der Waals surface area contributed by atoms with Crippen molar-refractivity contribution in [2.45, 2.75) is 12.8 Å². The molecule has 1 heterocycles. The largest absolute Gasteiger partial charge is 0.596 e. The first kappa shape index (κ1) is 14.9. The van der Waals surface area contributed by atoms with Gasteiger partial charge in [0.2, 0.25) is 0 Å². The van der Waals surface area contributed by atoms with Gasteiger partial charge in [-0.1, -0.05) is 6.07 Å². The summed E-state index contributed by atoms with van der Waals surface area (Å²) in [5.41, 5.74) is 0.643. The molecule has 0 atom stereocenters. The van der Waals surface area contributed by atoms with Gasteiger partial charge in [-0.2, -0.15) is 4.31 Å². The molecule has 2 N–H and O–H groups in total. The number of halogens is 1. The number of phosphoric acid groups is 2. The normalized spacial score (nSPS) is 16.6. The topological polar surface area (TPSA) is 102 Å². The molecule has 106 valence electrons. The predicted octanol–water partition coefficient (Wildman–Crippen LogP) is 2.85. The number of hydrogen-bond acceptors (Lipinski definition) is 5. The maximum absolute atomic E-state index is 12.0. The zero-order chi connectivity index (χ0) is 14.1. The van der Waals surface area contributed by atoms with E-state index in [-0.39, 0.29) is 11.5 Å². The Bertz CT molecular complexity index is 541. The minimum absolute atomic E-state index is 0.214. The van der Waals surface area contributed by atoms with Crippen LogP contribution in [-0.2, 0) is 19.9 Å². The molecule has 1 aliphatic rings. The highest BCUT2D eigenvalue weighted by Crippen LogP contribution is 2.63. The number of rotatable bonds is 5. The van der Waals surface area contributed by atoms with Crippen LogP contribution in [0.3, 0.4) is 0 Å². The van der Waals surface area contributed by atoms with Crippen LogP contribution in [0.5, 0.6) is 11.5 Å². The van der Waals surface area contributed by atoms with E-state index in [9.17, 15) is 9.13 Å². The highest BCUT2D eigenvalue weighted by molar-refractivity contribution is 7.61. The van der Waals surface area contributed by atoms with Gasteiger partial charge in [-0.25, -0.2) is 9.13 Å². The Labute approximate surface area is 114 Å². The van der Waals surface area contributed by atoms with Gasteiger partial charge < -0.3 is 18.8 Å². The number of phosphoric ester groups is 1. The molecule has 1 aromatic carbocycles. The van der Waals surface area contributed by atoms with Crippen LogP contribution in [0.15, 0.2) is 18.2 Å². The van der Waals surface area contributed by atoms with Crippen molar-refractivity contribution in [1.82, 2.24) is 0 Å². The van der Waals surface area contributed by atoms with Gasteiger partial charge in [0.15, 0.2) is 0 Å². The minimum atomic E-state index is -4.99. The van der Waals surface area contributed by atoms with Crippen LogP contribution in [0.1, 0.15) is 12.0 Å². The van der Waals surface area contributed by atoms with E-state index in [2.05, 4.69) is 4.31 Å². The fourth-order valence-corrected chi connectivity index (χ4v) is 3.93. The highest BCUT2D eigenvalue weighted by atomic mass is 35.5. The molecule has 0 saturated carbocycles. The molecule has 10 heteroatoms. The number of fused-ring (bicyclic) bond motifs is 2. The van der Waals surface area contributed by atoms with E-state index in [4.69, 9.17) is 30.4 Å². The third kappa shape index (κ3) is 3.72. The van der Waals surface area contributed by atoms with Crippen LogP contribution in [0.4, 0.5) is 0 Å². The molecule has 2 rings (SSSR count). The average molecular weight is 329 g/mol. The smallest absolute Gasteiger partial charge is 0.394 e. The van der Waals surface area contributed by atoms with Crippen molar-refractivity contribution in [2.24, 2.45) is 0 Å². The fourth-order valence-electron chi connectivity index (χ4n) is 1.63. The van der Waals surface area contributed by atoms with Crippen molar-refractivity contribution >= 4 is 27.2 Å². The van der Waals surface area contributed by atoms with Gasteiger partial charge in [-0.3, -0.25) is 0 Å². The molecular weight excluding hydrogens is 317 g/mol. The van der Waals surface area contributed by atoms with Gasteiger partial charge in [0, 0.05) is 11.4 Å². The van der Waals surface area contributed by atoms with E-state index in [0.29, 0.717) is 24.3 Å². The molecule has 19 heavy (non-hydrogen) atoms. The highest BCUT2D eigenvalue weighted by Gasteiger charge is 2.43. The molecule has 2 bridgehead atoms. The van der Waals surface area contributed by atoms with E-state index in [1.165, 1.54) is 12.1 Å². The lowest BCUT2D eigenvalue weighted by Gasteiger charge is -2.26. The van der Waals surface area contributed by atoms with Crippen LogP contribution < -0.4 is 9.05 Å². The van der Waals surface area contributed by atoms with E-state index in [1.54, 1.807) is 6.07 Å². The van der Waals surface area contributed by atoms with Crippen LogP contribution in [0.2, 0.25) is 0 Å². The number of hydrogen-bond donors (Lipinski definition) is 2.